The minimum absolute atomic E-state index is 0.745. The van der Waals surface area contributed by atoms with Gasteiger partial charge in [-0.05, 0) is 6.42 Å². The molecule has 0 saturated carbocycles. The van der Waals surface area contributed by atoms with Crippen LogP contribution in [0.5, 0.6) is 0 Å². The van der Waals surface area contributed by atoms with Crippen LogP contribution in [0.25, 0.3) is 0 Å². The van der Waals surface area contributed by atoms with Crippen LogP contribution in [0.15, 0.2) is 11.5 Å². The number of unbranched alkanes of at least 4 members (excludes halogenated alkanes) is 2. The Kier molecular flexibility index (Phi) is 4.31. The molecular weight excluding hydrogens is 150 g/mol. The lowest BCUT2D eigenvalue weighted by atomic mass is 10.2. The Morgan fingerprint density at radius 2 is 2.10 bits per heavy atom. The van der Waals surface area contributed by atoms with Crippen LogP contribution in [0.2, 0.25) is 0 Å². The van der Waals surface area contributed by atoms with Crippen LogP contribution in [-0.4, -0.2) is 8.42 Å². The summed E-state index contributed by atoms with van der Waals surface area (Å²) in [6.45, 7) is 2.03. The summed E-state index contributed by atoms with van der Waals surface area (Å²) in [5.41, 5.74) is 0. The van der Waals surface area contributed by atoms with Gasteiger partial charge in [-0.1, -0.05) is 25.8 Å². The van der Waals surface area contributed by atoms with Crippen molar-refractivity contribution in [3.05, 3.63) is 11.5 Å². The van der Waals surface area contributed by atoms with Crippen LogP contribution in [0, 0.1) is 0 Å². The summed E-state index contributed by atoms with van der Waals surface area (Å²) in [7, 11) is -3.64. The van der Waals surface area contributed by atoms with E-state index >= 15 is 0 Å². The van der Waals surface area contributed by atoms with E-state index in [2.05, 4.69) is 0 Å². The molecule has 0 aromatic rings. The maximum atomic E-state index is 10.2. The number of hydrogen-bond acceptors (Lipinski definition) is 2. The molecule has 0 bridgehead atoms. The first-order valence-corrected chi connectivity index (χ1v) is 4.77. The van der Waals surface area contributed by atoms with E-state index in [0.717, 1.165) is 24.7 Å². The Morgan fingerprint density at radius 1 is 1.50 bits per heavy atom. The zero-order valence-corrected chi connectivity index (χ0v) is 6.82. The Hall–Kier alpha value is -0.350. The van der Waals surface area contributed by atoms with Crippen molar-refractivity contribution in [2.24, 2.45) is 0 Å². The molecule has 0 rings (SSSR count). The highest BCUT2D eigenvalue weighted by molar-refractivity contribution is 7.91. The standard InChI is InChI=1S/C6H12NO2S/c1-2-3-4-5-6-10(7,8)9/h5-7H,2-4H2,1H3/b6-5+. The minimum Gasteiger partial charge on any atom is -0.206 e. The van der Waals surface area contributed by atoms with Gasteiger partial charge in [0.1, 0.15) is 0 Å². The van der Waals surface area contributed by atoms with Gasteiger partial charge >= 0.3 is 0 Å². The van der Waals surface area contributed by atoms with E-state index < -0.39 is 10.0 Å². The normalized spacial score (nSPS) is 12.6. The zero-order chi connectivity index (χ0) is 8.04. The first-order valence-electron chi connectivity index (χ1n) is 3.22. The zero-order valence-electron chi connectivity index (χ0n) is 6.00. The largest absolute Gasteiger partial charge is 0.246 e. The van der Waals surface area contributed by atoms with Crippen molar-refractivity contribution in [2.45, 2.75) is 26.2 Å². The molecule has 0 atom stereocenters. The smallest absolute Gasteiger partial charge is 0.206 e. The fraction of sp³-hybridized carbons (Fsp3) is 0.667. The Morgan fingerprint density at radius 3 is 2.50 bits per heavy atom. The lowest BCUT2D eigenvalue weighted by Crippen LogP contribution is -1.92. The lowest BCUT2D eigenvalue weighted by Gasteiger charge is -1.86. The maximum absolute atomic E-state index is 10.2. The van der Waals surface area contributed by atoms with E-state index in [0.29, 0.717) is 0 Å². The molecular formula is C6H12NO2S. The molecule has 10 heavy (non-hydrogen) atoms. The summed E-state index contributed by atoms with van der Waals surface area (Å²) >= 11 is 0. The van der Waals surface area contributed by atoms with Crippen LogP contribution in [0.3, 0.4) is 0 Å². The van der Waals surface area contributed by atoms with Gasteiger partial charge in [-0.2, -0.15) is 0 Å². The molecule has 0 saturated heterocycles. The molecule has 0 spiro atoms. The van der Waals surface area contributed by atoms with E-state index in [1.807, 2.05) is 6.92 Å². The predicted octanol–water partition coefficient (Wildman–Crippen LogP) is 1.30. The van der Waals surface area contributed by atoms with Gasteiger partial charge in [-0.15, -0.1) is 5.14 Å². The fourth-order valence-electron chi connectivity index (χ4n) is 0.517. The number of allylic oxidation sites excluding steroid dienone is 1. The predicted molar refractivity (Wildman–Crippen MR) is 40.7 cm³/mol. The molecule has 3 nitrogen and oxygen atoms in total. The molecule has 59 valence electrons. The molecule has 0 heterocycles. The van der Waals surface area contributed by atoms with Gasteiger partial charge in [0.15, 0.2) is 0 Å². The summed E-state index contributed by atoms with van der Waals surface area (Å²) in [5.74, 6) is 0. The number of rotatable bonds is 4. The molecule has 0 amide bonds. The molecule has 0 aliphatic heterocycles. The minimum atomic E-state index is -3.64. The van der Waals surface area contributed by atoms with Crippen LogP contribution in [0.1, 0.15) is 26.2 Å². The van der Waals surface area contributed by atoms with E-state index in [9.17, 15) is 8.42 Å². The Labute approximate surface area is 62.0 Å². The number of nitrogens with one attached hydrogen (secondary N) is 1. The molecule has 0 fully saturated rings. The first kappa shape index (κ1) is 9.65. The fourth-order valence-corrected chi connectivity index (χ4v) is 0.906. The summed E-state index contributed by atoms with van der Waals surface area (Å²) in [4.78, 5) is 0. The van der Waals surface area contributed by atoms with Crippen LogP contribution in [0.4, 0.5) is 0 Å². The van der Waals surface area contributed by atoms with Crippen molar-refractivity contribution in [2.75, 3.05) is 0 Å². The topological polar surface area (TPSA) is 57.9 Å². The molecule has 0 aliphatic carbocycles. The van der Waals surface area contributed by atoms with E-state index in [-0.39, 0.29) is 0 Å². The van der Waals surface area contributed by atoms with Gasteiger partial charge in [-0.3, -0.25) is 0 Å². The second-order valence-electron chi connectivity index (χ2n) is 2.06. The second kappa shape index (κ2) is 4.46. The average molecular weight is 162 g/mol. The highest BCUT2D eigenvalue weighted by atomic mass is 32.2. The van der Waals surface area contributed by atoms with Crippen molar-refractivity contribution in [1.82, 2.24) is 5.14 Å². The summed E-state index contributed by atoms with van der Waals surface area (Å²) in [6, 6.07) is 0. The molecule has 1 N–H and O–H groups in total. The molecule has 0 aromatic heterocycles. The van der Waals surface area contributed by atoms with Crippen molar-refractivity contribution in [1.29, 1.82) is 0 Å². The van der Waals surface area contributed by atoms with Crippen LogP contribution in [-0.2, 0) is 10.0 Å². The van der Waals surface area contributed by atoms with Gasteiger partial charge in [0, 0.05) is 5.41 Å². The van der Waals surface area contributed by atoms with Crippen molar-refractivity contribution >= 4 is 10.0 Å². The molecule has 0 aliphatic rings. The lowest BCUT2D eigenvalue weighted by molar-refractivity contribution is 0.604. The summed E-state index contributed by atoms with van der Waals surface area (Å²) in [5, 5.41) is 7.39. The van der Waals surface area contributed by atoms with Gasteiger partial charge in [0.2, 0.25) is 10.0 Å². The van der Waals surface area contributed by atoms with Crippen molar-refractivity contribution in [3.63, 3.8) is 0 Å². The van der Waals surface area contributed by atoms with Crippen molar-refractivity contribution in [3.8, 4) is 0 Å². The highest BCUT2D eigenvalue weighted by Gasteiger charge is 1.92. The summed E-state index contributed by atoms with van der Waals surface area (Å²) in [6.07, 6.45) is 4.29. The van der Waals surface area contributed by atoms with E-state index in [4.69, 9.17) is 5.14 Å². The monoisotopic (exact) mass is 162 g/mol. The second-order valence-corrected chi connectivity index (χ2v) is 3.42. The van der Waals surface area contributed by atoms with E-state index in [1.165, 1.54) is 6.08 Å². The van der Waals surface area contributed by atoms with Crippen LogP contribution >= 0.6 is 0 Å². The maximum Gasteiger partial charge on any atom is 0.246 e. The average Bonchev–Trinajstić information content (AvgIpc) is 1.78. The molecule has 1 radical (unpaired) electrons. The van der Waals surface area contributed by atoms with Gasteiger partial charge in [0.05, 0.1) is 0 Å². The van der Waals surface area contributed by atoms with Gasteiger partial charge in [0.25, 0.3) is 0 Å². The number of sulfonamides is 1. The SMILES string of the molecule is CCCC/C=C/S([NH])(=O)=O. The highest BCUT2D eigenvalue weighted by Crippen LogP contribution is 1.95. The third-order valence-corrected chi connectivity index (χ3v) is 1.55. The third-order valence-electron chi connectivity index (χ3n) is 1.000. The molecule has 0 aromatic carbocycles. The van der Waals surface area contributed by atoms with Crippen molar-refractivity contribution < 1.29 is 8.42 Å². The first-order chi connectivity index (χ1) is 4.56. The van der Waals surface area contributed by atoms with Gasteiger partial charge in [-0.25, -0.2) is 8.42 Å². The van der Waals surface area contributed by atoms with E-state index in [1.54, 1.807) is 0 Å². The molecule has 4 heteroatoms. The molecule has 0 unspecified atom stereocenters. The summed E-state index contributed by atoms with van der Waals surface area (Å²) < 4.78 is 20.3. The number of hydrogen-bond donors (Lipinski definition) is 0. The quantitative estimate of drug-likeness (QED) is 0.585. The Balaban J connectivity index is 3.58. The van der Waals surface area contributed by atoms with Crippen LogP contribution < -0.4 is 5.14 Å². The van der Waals surface area contributed by atoms with Gasteiger partial charge < -0.3 is 0 Å². The third kappa shape index (κ3) is 7.65. The Bertz CT molecular complexity index is 194.